The van der Waals surface area contributed by atoms with Crippen molar-refractivity contribution in [1.29, 1.82) is 0 Å². The van der Waals surface area contributed by atoms with Crippen LogP contribution in [0.4, 0.5) is 0 Å². The van der Waals surface area contributed by atoms with E-state index < -0.39 is 0 Å². The van der Waals surface area contributed by atoms with Crippen LogP contribution in [-0.4, -0.2) is 62.5 Å². The van der Waals surface area contributed by atoms with Gasteiger partial charge in [0.15, 0.2) is 0 Å². The maximum atomic E-state index is 13.1. The maximum absolute atomic E-state index is 13.1. The van der Waals surface area contributed by atoms with Gasteiger partial charge in [0.05, 0.1) is 5.69 Å². The number of nitrogens with zero attached hydrogens (tertiary/aromatic N) is 4. The van der Waals surface area contributed by atoms with Gasteiger partial charge in [0.1, 0.15) is 5.69 Å². The Labute approximate surface area is 157 Å². The standard InChI is InChI=1S/C20H23N5O2/c26-19-3-1-2-18-15-8-13(11-25(18)19)10-24(12-15)20(27)17-9-16(22-23-17)14-4-6-21-7-5-14/h4-7,9,13,15,18H,1-3,8,10-12H2,(H,22,23)/t13-,15+,18-/m1/s1. The molecule has 27 heavy (non-hydrogen) atoms. The molecule has 0 radical (unpaired) electrons. The van der Waals surface area contributed by atoms with E-state index in [4.69, 9.17) is 0 Å². The van der Waals surface area contributed by atoms with Crippen molar-refractivity contribution in [1.82, 2.24) is 25.0 Å². The Hall–Kier alpha value is -2.70. The van der Waals surface area contributed by atoms with Crippen LogP contribution in [0.3, 0.4) is 0 Å². The van der Waals surface area contributed by atoms with Crippen LogP contribution in [0, 0.1) is 11.8 Å². The lowest BCUT2D eigenvalue weighted by molar-refractivity contribution is -0.144. The summed E-state index contributed by atoms with van der Waals surface area (Å²) >= 11 is 0. The number of nitrogens with one attached hydrogen (secondary N) is 1. The van der Waals surface area contributed by atoms with E-state index >= 15 is 0 Å². The van der Waals surface area contributed by atoms with Gasteiger partial charge in [-0.3, -0.25) is 19.7 Å². The SMILES string of the molecule is O=C(c1cc(-c2ccncc2)n[nH]1)N1C[C@H]2C[C@@H](C1)[C@H]1CCCC(=O)N1C2. The monoisotopic (exact) mass is 365 g/mol. The average molecular weight is 365 g/mol. The van der Waals surface area contributed by atoms with E-state index in [-0.39, 0.29) is 5.91 Å². The van der Waals surface area contributed by atoms with E-state index in [9.17, 15) is 9.59 Å². The van der Waals surface area contributed by atoms with Crippen LogP contribution in [0.5, 0.6) is 0 Å². The molecule has 7 nitrogen and oxygen atoms in total. The fourth-order valence-corrected chi connectivity index (χ4v) is 5.05. The molecule has 3 saturated heterocycles. The topological polar surface area (TPSA) is 82.2 Å². The summed E-state index contributed by atoms with van der Waals surface area (Å²) in [5.74, 6) is 1.09. The molecule has 2 amide bonds. The third kappa shape index (κ3) is 2.91. The van der Waals surface area contributed by atoms with Gasteiger partial charge in [-0.25, -0.2) is 0 Å². The van der Waals surface area contributed by atoms with Crippen LogP contribution < -0.4 is 0 Å². The molecule has 0 spiro atoms. The average Bonchev–Trinajstić information content (AvgIpc) is 3.19. The van der Waals surface area contributed by atoms with Crippen molar-refractivity contribution in [3.05, 3.63) is 36.3 Å². The second-order valence-electron chi connectivity index (χ2n) is 7.98. The van der Waals surface area contributed by atoms with Crippen molar-refractivity contribution in [3.63, 3.8) is 0 Å². The fraction of sp³-hybridized carbons (Fsp3) is 0.500. The predicted molar refractivity (Wildman–Crippen MR) is 98.7 cm³/mol. The van der Waals surface area contributed by atoms with Gasteiger partial charge in [-0.05, 0) is 49.3 Å². The molecule has 0 aromatic carbocycles. The highest BCUT2D eigenvalue weighted by atomic mass is 16.2. The molecule has 0 unspecified atom stereocenters. The molecule has 3 aliphatic rings. The van der Waals surface area contributed by atoms with Crippen LogP contribution in [0.25, 0.3) is 11.3 Å². The summed E-state index contributed by atoms with van der Waals surface area (Å²) in [5, 5.41) is 7.20. The second-order valence-corrected chi connectivity index (χ2v) is 7.98. The van der Waals surface area contributed by atoms with Crippen LogP contribution in [0.2, 0.25) is 0 Å². The Morgan fingerprint density at radius 1 is 1.19 bits per heavy atom. The highest BCUT2D eigenvalue weighted by Gasteiger charge is 2.45. The first-order valence-electron chi connectivity index (χ1n) is 9.73. The minimum absolute atomic E-state index is 0.00749. The van der Waals surface area contributed by atoms with Gasteiger partial charge in [0.25, 0.3) is 5.91 Å². The number of amides is 2. The van der Waals surface area contributed by atoms with Crippen molar-refractivity contribution in [2.75, 3.05) is 19.6 Å². The van der Waals surface area contributed by atoms with E-state index in [0.29, 0.717) is 35.9 Å². The minimum Gasteiger partial charge on any atom is -0.339 e. The van der Waals surface area contributed by atoms with E-state index in [1.54, 1.807) is 12.4 Å². The van der Waals surface area contributed by atoms with Gasteiger partial charge in [-0.1, -0.05) is 0 Å². The van der Waals surface area contributed by atoms with E-state index in [1.165, 1.54) is 0 Å². The first-order chi connectivity index (χ1) is 13.2. The maximum Gasteiger partial charge on any atom is 0.271 e. The van der Waals surface area contributed by atoms with E-state index in [0.717, 1.165) is 50.2 Å². The quantitative estimate of drug-likeness (QED) is 0.882. The molecular weight excluding hydrogens is 342 g/mol. The lowest BCUT2D eigenvalue weighted by Crippen LogP contribution is -2.61. The third-order valence-electron chi connectivity index (χ3n) is 6.25. The Bertz CT molecular complexity index is 864. The molecule has 3 fully saturated rings. The van der Waals surface area contributed by atoms with Crippen LogP contribution in [0.1, 0.15) is 36.2 Å². The van der Waals surface area contributed by atoms with Crippen molar-refractivity contribution in [2.45, 2.75) is 31.7 Å². The Kier molecular flexibility index (Phi) is 3.95. The molecule has 2 bridgehead atoms. The van der Waals surface area contributed by atoms with Crippen LogP contribution in [-0.2, 0) is 4.79 Å². The predicted octanol–water partition coefficient (Wildman–Crippen LogP) is 1.94. The summed E-state index contributed by atoms with van der Waals surface area (Å²) in [5.41, 5.74) is 2.22. The van der Waals surface area contributed by atoms with Gasteiger partial charge in [0, 0.05) is 50.1 Å². The first kappa shape index (κ1) is 16.5. The van der Waals surface area contributed by atoms with Crippen molar-refractivity contribution in [2.24, 2.45) is 11.8 Å². The van der Waals surface area contributed by atoms with Gasteiger partial charge in [-0.2, -0.15) is 5.10 Å². The minimum atomic E-state index is 0.00749. The van der Waals surface area contributed by atoms with Crippen LogP contribution in [0.15, 0.2) is 30.6 Å². The molecule has 3 atom stereocenters. The zero-order chi connectivity index (χ0) is 18.4. The number of pyridine rings is 1. The molecule has 3 aliphatic heterocycles. The van der Waals surface area contributed by atoms with Gasteiger partial charge in [0.2, 0.25) is 5.91 Å². The molecule has 140 valence electrons. The molecule has 2 aromatic heterocycles. The second kappa shape index (κ2) is 6.48. The molecule has 2 aromatic rings. The zero-order valence-electron chi connectivity index (χ0n) is 15.2. The summed E-state index contributed by atoms with van der Waals surface area (Å²) in [4.78, 5) is 33.4. The highest BCUT2D eigenvalue weighted by molar-refractivity contribution is 5.93. The Balaban J connectivity index is 1.33. The summed E-state index contributed by atoms with van der Waals surface area (Å²) in [6.45, 7) is 2.25. The van der Waals surface area contributed by atoms with Crippen LogP contribution >= 0.6 is 0 Å². The first-order valence-corrected chi connectivity index (χ1v) is 9.73. The highest BCUT2D eigenvalue weighted by Crippen LogP contribution is 2.38. The third-order valence-corrected chi connectivity index (χ3v) is 6.25. The van der Waals surface area contributed by atoms with E-state index in [2.05, 4.69) is 20.1 Å². The smallest absolute Gasteiger partial charge is 0.271 e. The number of likely N-dealkylation sites (tertiary alicyclic amines) is 1. The molecule has 1 N–H and O–H groups in total. The number of hydrogen-bond acceptors (Lipinski definition) is 4. The number of hydrogen-bond donors (Lipinski definition) is 1. The number of rotatable bonds is 2. The number of carbonyl (C=O) groups is 2. The van der Waals surface area contributed by atoms with E-state index in [1.807, 2.05) is 23.1 Å². The number of carbonyl (C=O) groups excluding carboxylic acids is 2. The Morgan fingerprint density at radius 3 is 2.89 bits per heavy atom. The summed E-state index contributed by atoms with van der Waals surface area (Å²) in [7, 11) is 0. The zero-order valence-corrected chi connectivity index (χ0v) is 15.2. The summed E-state index contributed by atoms with van der Waals surface area (Å²) in [6.07, 6.45) is 7.30. The largest absolute Gasteiger partial charge is 0.339 e. The Morgan fingerprint density at radius 2 is 2.04 bits per heavy atom. The lowest BCUT2D eigenvalue weighted by Gasteiger charge is -2.52. The molecule has 5 rings (SSSR count). The van der Waals surface area contributed by atoms with Gasteiger partial charge in [-0.15, -0.1) is 0 Å². The normalized spacial score (nSPS) is 27.4. The lowest BCUT2D eigenvalue weighted by atomic mass is 9.76. The molecule has 0 aliphatic carbocycles. The molecule has 0 saturated carbocycles. The number of H-pyrrole nitrogens is 1. The van der Waals surface area contributed by atoms with Gasteiger partial charge < -0.3 is 9.80 Å². The van der Waals surface area contributed by atoms with Crippen molar-refractivity contribution < 1.29 is 9.59 Å². The number of piperidine rings is 3. The van der Waals surface area contributed by atoms with Crippen molar-refractivity contribution >= 4 is 11.8 Å². The molecule has 5 heterocycles. The van der Waals surface area contributed by atoms with Crippen molar-refractivity contribution in [3.8, 4) is 11.3 Å². The summed E-state index contributed by atoms with van der Waals surface area (Å²) < 4.78 is 0. The number of aromatic nitrogens is 3. The summed E-state index contributed by atoms with van der Waals surface area (Å²) in [6, 6.07) is 5.89. The molecular formula is C20H23N5O2. The number of aromatic amines is 1. The van der Waals surface area contributed by atoms with Gasteiger partial charge >= 0.3 is 0 Å². The molecule has 7 heteroatoms. The fourth-order valence-electron chi connectivity index (χ4n) is 5.05. The number of fused-ring (bicyclic) bond motifs is 4.